The number of aliphatic carboxylic acids is 1. The molecule has 0 aliphatic rings. The lowest BCUT2D eigenvalue weighted by Crippen LogP contribution is -2.44. The van der Waals surface area contributed by atoms with Gasteiger partial charge in [0.2, 0.25) is 0 Å². The zero-order valence-electron chi connectivity index (χ0n) is 10.5. The van der Waals surface area contributed by atoms with E-state index in [1.54, 1.807) is 20.8 Å². The van der Waals surface area contributed by atoms with Crippen LogP contribution >= 0.6 is 0 Å². The van der Waals surface area contributed by atoms with E-state index in [-0.39, 0.29) is 10.9 Å². The number of imidazole rings is 1. The number of hydrogen-bond donors (Lipinski definition) is 2. The molecular weight excluding hydrogens is 258 g/mol. The van der Waals surface area contributed by atoms with Gasteiger partial charge in [0, 0.05) is 6.54 Å². The number of nitrogens with one attached hydrogen (secondary N) is 1. The van der Waals surface area contributed by atoms with Crippen LogP contribution in [-0.4, -0.2) is 35.1 Å². The van der Waals surface area contributed by atoms with Crippen LogP contribution in [-0.2, 0) is 21.4 Å². The first-order chi connectivity index (χ1) is 8.29. The molecule has 1 heterocycles. The van der Waals surface area contributed by atoms with Gasteiger partial charge in [-0.2, -0.15) is 4.72 Å². The molecule has 18 heavy (non-hydrogen) atoms. The normalized spacial score (nSPS) is 13.8. The lowest BCUT2D eigenvalue weighted by atomic mass is 10.1. The number of sulfonamides is 1. The third-order valence-electron chi connectivity index (χ3n) is 2.50. The van der Waals surface area contributed by atoms with E-state index < -0.39 is 22.0 Å². The van der Waals surface area contributed by atoms with Gasteiger partial charge in [-0.15, -0.1) is 0 Å². The van der Waals surface area contributed by atoms with Gasteiger partial charge < -0.3 is 9.67 Å². The van der Waals surface area contributed by atoms with E-state index in [1.807, 2.05) is 0 Å². The lowest BCUT2D eigenvalue weighted by Gasteiger charge is -2.18. The summed E-state index contributed by atoms with van der Waals surface area (Å²) in [5, 5.41) is 8.95. The average Bonchev–Trinajstić information content (AvgIpc) is 2.73. The van der Waals surface area contributed by atoms with Crippen LogP contribution in [0.4, 0.5) is 0 Å². The summed E-state index contributed by atoms with van der Waals surface area (Å²) in [6, 6.07) is -1.16. The monoisotopic (exact) mass is 275 g/mol. The molecule has 0 aromatic carbocycles. The van der Waals surface area contributed by atoms with E-state index in [9.17, 15) is 13.2 Å². The van der Waals surface area contributed by atoms with Crippen molar-refractivity contribution in [1.29, 1.82) is 0 Å². The maximum atomic E-state index is 12.1. The standard InChI is InChI=1S/C10H17N3O4S/c1-4-13-6-11-5-8(13)18(16,17)12-9(7(2)3)10(14)15/h5-7,9,12H,4H2,1-3H3,(H,14,15)/t9-/m0/s1. The highest BCUT2D eigenvalue weighted by molar-refractivity contribution is 7.89. The minimum atomic E-state index is -3.88. The van der Waals surface area contributed by atoms with Crippen molar-refractivity contribution in [1.82, 2.24) is 14.3 Å². The van der Waals surface area contributed by atoms with Gasteiger partial charge in [-0.1, -0.05) is 13.8 Å². The van der Waals surface area contributed by atoms with Gasteiger partial charge in [0.05, 0.1) is 12.5 Å². The van der Waals surface area contributed by atoms with Gasteiger partial charge in [0.1, 0.15) is 6.04 Å². The highest BCUT2D eigenvalue weighted by Crippen LogP contribution is 2.11. The summed E-state index contributed by atoms with van der Waals surface area (Å²) in [4.78, 5) is 14.7. The van der Waals surface area contributed by atoms with Crippen LogP contribution in [0.5, 0.6) is 0 Å². The van der Waals surface area contributed by atoms with E-state index in [4.69, 9.17) is 5.11 Å². The van der Waals surface area contributed by atoms with E-state index in [1.165, 1.54) is 17.1 Å². The van der Waals surface area contributed by atoms with Gasteiger partial charge in [-0.05, 0) is 12.8 Å². The fourth-order valence-corrected chi connectivity index (χ4v) is 2.98. The van der Waals surface area contributed by atoms with E-state index in [0.29, 0.717) is 6.54 Å². The molecule has 7 nitrogen and oxygen atoms in total. The summed E-state index contributed by atoms with van der Waals surface area (Å²) in [6.45, 7) is 5.49. The second-order valence-electron chi connectivity index (χ2n) is 4.20. The van der Waals surface area contributed by atoms with E-state index >= 15 is 0 Å². The number of aromatic nitrogens is 2. The smallest absolute Gasteiger partial charge is 0.322 e. The Morgan fingerprint density at radius 1 is 1.56 bits per heavy atom. The Labute approximate surface area is 106 Å². The van der Waals surface area contributed by atoms with Crippen LogP contribution in [0.15, 0.2) is 17.6 Å². The Morgan fingerprint density at radius 2 is 2.17 bits per heavy atom. The fraction of sp³-hybridized carbons (Fsp3) is 0.600. The van der Waals surface area contributed by atoms with Crippen molar-refractivity contribution < 1.29 is 18.3 Å². The Bertz CT molecular complexity index is 521. The molecule has 1 aromatic heterocycles. The van der Waals surface area contributed by atoms with Crippen LogP contribution < -0.4 is 4.72 Å². The number of carboxylic acid groups (broad SMARTS) is 1. The Kier molecular flexibility index (Phi) is 4.47. The molecular formula is C10H17N3O4S. The summed E-state index contributed by atoms with van der Waals surface area (Å²) in [5.74, 6) is -1.55. The minimum Gasteiger partial charge on any atom is -0.480 e. The number of aryl methyl sites for hydroxylation is 1. The number of rotatable bonds is 6. The zero-order chi connectivity index (χ0) is 13.9. The molecule has 102 valence electrons. The molecule has 0 aliphatic carbocycles. The zero-order valence-corrected chi connectivity index (χ0v) is 11.3. The summed E-state index contributed by atoms with van der Waals surface area (Å²) in [7, 11) is -3.88. The van der Waals surface area contributed by atoms with Crippen LogP contribution in [0.25, 0.3) is 0 Å². The summed E-state index contributed by atoms with van der Waals surface area (Å²) < 4.78 is 27.7. The minimum absolute atomic E-state index is 0.0306. The summed E-state index contributed by atoms with van der Waals surface area (Å²) >= 11 is 0. The molecule has 1 rings (SSSR count). The Hall–Kier alpha value is -1.41. The van der Waals surface area contributed by atoms with Gasteiger partial charge in [-0.3, -0.25) is 4.79 Å². The lowest BCUT2D eigenvalue weighted by molar-refractivity contribution is -0.140. The molecule has 0 unspecified atom stereocenters. The Morgan fingerprint density at radius 3 is 2.61 bits per heavy atom. The van der Waals surface area contributed by atoms with E-state index in [2.05, 4.69) is 9.71 Å². The van der Waals surface area contributed by atoms with Gasteiger partial charge in [0.25, 0.3) is 10.0 Å². The van der Waals surface area contributed by atoms with Crippen molar-refractivity contribution in [2.24, 2.45) is 5.92 Å². The molecule has 0 amide bonds. The van der Waals surface area contributed by atoms with Crippen molar-refractivity contribution in [2.75, 3.05) is 0 Å². The van der Waals surface area contributed by atoms with Gasteiger partial charge in [0.15, 0.2) is 5.03 Å². The molecule has 0 aliphatic heterocycles. The quantitative estimate of drug-likeness (QED) is 0.777. The molecule has 0 radical (unpaired) electrons. The summed E-state index contributed by atoms with van der Waals surface area (Å²) in [5.41, 5.74) is 0. The highest BCUT2D eigenvalue weighted by Gasteiger charge is 2.29. The first-order valence-electron chi connectivity index (χ1n) is 5.54. The molecule has 0 saturated heterocycles. The maximum absolute atomic E-state index is 12.1. The SMILES string of the molecule is CCn1cncc1S(=O)(=O)N[C@H](C(=O)O)C(C)C. The third-order valence-corrected chi connectivity index (χ3v) is 3.96. The van der Waals surface area contributed by atoms with Gasteiger partial charge in [-0.25, -0.2) is 13.4 Å². The first-order valence-corrected chi connectivity index (χ1v) is 7.03. The predicted octanol–water partition coefficient (Wildman–Crippen LogP) is 0.290. The molecule has 0 bridgehead atoms. The molecule has 1 aromatic rings. The molecule has 0 saturated carbocycles. The van der Waals surface area contributed by atoms with Crippen molar-refractivity contribution in [3.05, 3.63) is 12.5 Å². The Balaban J connectivity index is 3.05. The van der Waals surface area contributed by atoms with Crippen LogP contribution in [0.2, 0.25) is 0 Å². The van der Waals surface area contributed by atoms with Crippen molar-refractivity contribution >= 4 is 16.0 Å². The second-order valence-corrected chi connectivity index (χ2v) is 5.86. The molecule has 0 spiro atoms. The van der Waals surface area contributed by atoms with Crippen LogP contribution in [0.3, 0.4) is 0 Å². The summed E-state index contributed by atoms with van der Waals surface area (Å²) in [6.07, 6.45) is 2.59. The maximum Gasteiger partial charge on any atom is 0.322 e. The molecule has 1 atom stereocenters. The largest absolute Gasteiger partial charge is 0.480 e. The topological polar surface area (TPSA) is 101 Å². The molecule has 2 N–H and O–H groups in total. The van der Waals surface area contributed by atoms with E-state index in [0.717, 1.165) is 0 Å². The average molecular weight is 275 g/mol. The van der Waals surface area contributed by atoms with Crippen molar-refractivity contribution in [3.63, 3.8) is 0 Å². The number of hydrogen-bond acceptors (Lipinski definition) is 4. The first kappa shape index (κ1) is 14.7. The molecule has 8 heteroatoms. The number of carboxylic acids is 1. The van der Waals surface area contributed by atoms with Crippen LogP contribution in [0, 0.1) is 5.92 Å². The van der Waals surface area contributed by atoms with Crippen molar-refractivity contribution in [3.8, 4) is 0 Å². The third kappa shape index (κ3) is 3.08. The predicted molar refractivity (Wildman–Crippen MR) is 64.5 cm³/mol. The fourth-order valence-electron chi connectivity index (χ4n) is 1.47. The van der Waals surface area contributed by atoms with Gasteiger partial charge >= 0.3 is 5.97 Å². The second kappa shape index (κ2) is 5.49. The van der Waals surface area contributed by atoms with Crippen molar-refractivity contribution in [2.45, 2.75) is 38.4 Å². The molecule has 0 fully saturated rings. The van der Waals surface area contributed by atoms with Crippen LogP contribution in [0.1, 0.15) is 20.8 Å². The number of nitrogens with zero attached hydrogens (tertiary/aromatic N) is 2. The number of carbonyl (C=O) groups is 1. The highest BCUT2D eigenvalue weighted by atomic mass is 32.2.